The molecule has 0 bridgehead atoms. The van der Waals surface area contributed by atoms with E-state index in [1.165, 1.54) is 0 Å². The van der Waals surface area contributed by atoms with Crippen LogP contribution in [-0.4, -0.2) is 56.0 Å². The number of rotatable bonds is 7. The van der Waals surface area contributed by atoms with E-state index < -0.39 is 0 Å². The molecule has 1 aliphatic heterocycles. The number of carbonyl (C=O) groups is 2. The third kappa shape index (κ3) is 6.30. The van der Waals surface area contributed by atoms with Crippen LogP contribution in [0.5, 0.6) is 0 Å². The van der Waals surface area contributed by atoms with Gasteiger partial charge in [0.05, 0.1) is 0 Å². The molecule has 1 saturated carbocycles. The zero-order chi connectivity index (χ0) is 16.8. The van der Waals surface area contributed by atoms with Crippen molar-refractivity contribution < 1.29 is 9.59 Å². The smallest absolute Gasteiger partial charge is 0.251 e. The Morgan fingerprint density at radius 3 is 2.44 bits per heavy atom. The first kappa shape index (κ1) is 19.7. The van der Waals surface area contributed by atoms with E-state index in [1.807, 2.05) is 0 Å². The molecule has 2 fully saturated rings. The van der Waals surface area contributed by atoms with Crippen LogP contribution in [0.3, 0.4) is 0 Å². The monoisotopic (exact) mass is 366 g/mol. The van der Waals surface area contributed by atoms with Gasteiger partial charge in [-0.3, -0.25) is 9.59 Å². The van der Waals surface area contributed by atoms with Crippen molar-refractivity contribution in [2.45, 2.75) is 19.3 Å². The van der Waals surface area contributed by atoms with Crippen LogP contribution in [-0.2, 0) is 4.79 Å². The third-order valence-corrected chi connectivity index (χ3v) is 4.51. The van der Waals surface area contributed by atoms with Gasteiger partial charge in [0.15, 0.2) is 0 Å². The van der Waals surface area contributed by atoms with E-state index in [1.54, 1.807) is 24.3 Å². The molecule has 1 aromatic rings. The van der Waals surface area contributed by atoms with Crippen LogP contribution in [0.25, 0.3) is 0 Å². The van der Waals surface area contributed by atoms with Crippen LogP contribution < -0.4 is 16.0 Å². The molecule has 7 heteroatoms. The SMILES string of the molecule is Cl.O=C(NCCCN1CCNCC1)c1ccc(NC(=O)C2CC2)cc1. The molecular formula is C18H27ClN4O2. The number of halogens is 1. The van der Waals surface area contributed by atoms with Crippen LogP contribution in [0.15, 0.2) is 24.3 Å². The standard InChI is InChI=1S/C18H26N4O2.ClH/c23-17(20-8-1-11-22-12-9-19-10-13-22)14-4-6-16(7-5-14)21-18(24)15-2-3-15;/h4-7,15,19H,1-3,8-13H2,(H,20,23)(H,21,24);1H. The summed E-state index contributed by atoms with van der Waals surface area (Å²) in [6.45, 7) is 5.98. The van der Waals surface area contributed by atoms with Crippen LogP contribution in [0, 0.1) is 5.92 Å². The van der Waals surface area contributed by atoms with Crippen molar-refractivity contribution in [1.82, 2.24) is 15.5 Å². The summed E-state index contributed by atoms with van der Waals surface area (Å²) in [6.07, 6.45) is 2.93. The molecule has 0 unspecified atom stereocenters. The van der Waals surface area contributed by atoms with Gasteiger partial charge in [-0.25, -0.2) is 0 Å². The Morgan fingerprint density at radius 2 is 1.80 bits per heavy atom. The van der Waals surface area contributed by atoms with Gasteiger partial charge >= 0.3 is 0 Å². The second-order valence-corrected chi connectivity index (χ2v) is 6.54. The average Bonchev–Trinajstić information content (AvgIpc) is 3.45. The summed E-state index contributed by atoms with van der Waals surface area (Å²) in [5.41, 5.74) is 1.38. The molecular weight excluding hydrogens is 340 g/mol. The lowest BCUT2D eigenvalue weighted by molar-refractivity contribution is -0.117. The van der Waals surface area contributed by atoms with E-state index in [0.717, 1.165) is 57.7 Å². The van der Waals surface area contributed by atoms with Crippen LogP contribution in [0.2, 0.25) is 0 Å². The molecule has 0 aromatic heterocycles. The average molecular weight is 367 g/mol. The van der Waals surface area contributed by atoms with Crippen molar-refractivity contribution in [2.75, 3.05) is 44.6 Å². The van der Waals surface area contributed by atoms with E-state index in [9.17, 15) is 9.59 Å². The van der Waals surface area contributed by atoms with Gasteiger partial charge in [-0.05, 0) is 50.1 Å². The summed E-state index contributed by atoms with van der Waals surface area (Å²) in [4.78, 5) is 26.2. The number of benzene rings is 1. The van der Waals surface area contributed by atoms with Gasteiger partial charge in [0.2, 0.25) is 5.91 Å². The Kier molecular flexibility index (Phi) is 7.68. The molecule has 2 aliphatic rings. The Morgan fingerprint density at radius 1 is 1.12 bits per heavy atom. The number of anilines is 1. The molecule has 6 nitrogen and oxygen atoms in total. The summed E-state index contributed by atoms with van der Waals surface area (Å²) in [5, 5.41) is 9.17. The van der Waals surface area contributed by atoms with Crippen LogP contribution >= 0.6 is 12.4 Å². The van der Waals surface area contributed by atoms with Gasteiger partial charge in [-0.2, -0.15) is 0 Å². The molecule has 138 valence electrons. The van der Waals surface area contributed by atoms with Gasteiger partial charge in [-0.15, -0.1) is 12.4 Å². The highest BCUT2D eigenvalue weighted by Gasteiger charge is 2.29. The maximum Gasteiger partial charge on any atom is 0.251 e. The van der Waals surface area contributed by atoms with E-state index >= 15 is 0 Å². The number of nitrogens with zero attached hydrogens (tertiary/aromatic N) is 1. The maximum atomic E-state index is 12.1. The second kappa shape index (κ2) is 9.75. The van der Waals surface area contributed by atoms with Crippen molar-refractivity contribution >= 4 is 29.9 Å². The first-order chi connectivity index (χ1) is 11.7. The zero-order valence-electron chi connectivity index (χ0n) is 14.4. The maximum absolute atomic E-state index is 12.1. The van der Waals surface area contributed by atoms with Crippen molar-refractivity contribution in [1.29, 1.82) is 0 Å². The van der Waals surface area contributed by atoms with Gasteiger partial charge in [-0.1, -0.05) is 0 Å². The Bertz CT molecular complexity index is 569. The summed E-state index contributed by atoms with van der Waals surface area (Å²) >= 11 is 0. The van der Waals surface area contributed by atoms with Gasteiger partial charge < -0.3 is 20.9 Å². The Balaban J connectivity index is 0.00000225. The van der Waals surface area contributed by atoms with Crippen molar-refractivity contribution in [3.63, 3.8) is 0 Å². The fourth-order valence-electron chi connectivity index (χ4n) is 2.84. The predicted octanol–water partition coefficient (Wildman–Crippen LogP) is 1.48. The normalized spacial score (nSPS) is 17.4. The minimum Gasteiger partial charge on any atom is -0.352 e. The largest absolute Gasteiger partial charge is 0.352 e. The number of piperazine rings is 1. The minimum absolute atomic E-state index is 0. The van der Waals surface area contributed by atoms with E-state index in [0.29, 0.717) is 12.1 Å². The topological polar surface area (TPSA) is 73.5 Å². The number of hydrogen-bond donors (Lipinski definition) is 3. The molecule has 3 rings (SSSR count). The molecule has 3 N–H and O–H groups in total. The van der Waals surface area contributed by atoms with Crippen LogP contribution in [0.4, 0.5) is 5.69 Å². The summed E-state index contributed by atoms with van der Waals surface area (Å²) in [5.74, 6) is 0.208. The van der Waals surface area contributed by atoms with Crippen LogP contribution in [0.1, 0.15) is 29.6 Å². The lowest BCUT2D eigenvalue weighted by Crippen LogP contribution is -2.44. The van der Waals surface area contributed by atoms with Crippen molar-refractivity contribution in [3.05, 3.63) is 29.8 Å². The lowest BCUT2D eigenvalue weighted by Gasteiger charge is -2.27. The first-order valence-corrected chi connectivity index (χ1v) is 8.84. The Hall–Kier alpha value is -1.63. The second-order valence-electron chi connectivity index (χ2n) is 6.54. The highest BCUT2D eigenvalue weighted by Crippen LogP contribution is 2.30. The number of amides is 2. The molecule has 1 aliphatic carbocycles. The number of carbonyl (C=O) groups excluding carboxylic acids is 2. The molecule has 2 amide bonds. The molecule has 1 heterocycles. The molecule has 1 aromatic carbocycles. The van der Waals surface area contributed by atoms with Gasteiger partial charge in [0.1, 0.15) is 0 Å². The van der Waals surface area contributed by atoms with E-state index in [4.69, 9.17) is 0 Å². The molecule has 25 heavy (non-hydrogen) atoms. The van der Waals surface area contributed by atoms with Gasteiger partial charge in [0.25, 0.3) is 5.91 Å². The molecule has 0 radical (unpaired) electrons. The van der Waals surface area contributed by atoms with Gasteiger partial charge in [0, 0.05) is 49.9 Å². The van der Waals surface area contributed by atoms with E-state index in [2.05, 4.69) is 20.9 Å². The molecule has 0 atom stereocenters. The summed E-state index contributed by atoms with van der Waals surface area (Å²) in [6, 6.07) is 7.09. The first-order valence-electron chi connectivity index (χ1n) is 8.84. The summed E-state index contributed by atoms with van der Waals surface area (Å²) < 4.78 is 0. The number of hydrogen-bond acceptors (Lipinski definition) is 4. The molecule has 0 spiro atoms. The number of nitrogens with one attached hydrogen (secondary N) is 3. The molecule has 1 saturated heterocycles. The lowest BCUT2D eigenvalue weighted by atomic mass is 10.2. The van der Waals surface area contributed by atoms with Crippen molar-refractivity contribution in [2.24, 2.45) is 5.92 Å². The Labute approximate surface area is 155 Å². The predicted molar refractivity (Wildman–Crippen MR) is 101 cm³/mol. The fraction of sp³-hybridized carbons (Fsp3) is 0.556. The highest BCUT2D eigenvalue weighted by molar-refractivity contribution is 5.96. The zero-order valence-corrected chi connectivity index (χ0v) is 15.2. The minimum atomic E-state index is -0.0598. The quantitative estimate of drug-likeness (QED) is 0.639. The fourth-order valence-corrected chi connectivity index (χ4v) is 2.84. The summed E-state index contributed by atoms with van der Waals surface area (Å²) in [7, 11) is 0. The highest BCUT2D eigenvalue weighted by atomic mass is 35.5. The van der Waals surface area contributed by atoms with Crippen molar-refractivity contribution in [3.8, 4) is 0 Å². The van der Waals surface area contributed by atoms with E-state index in [-0.39, 0.29) is 30.1 Å². The third-order valence-electron chi connectivity index (χ3n) is 4.51.